The molecular formula is C20H29N7O6. The van der Waals surface area contributed by atoms with Crippen LogP contribution < -0.4 is 11.1 Å². The van der Waals surface area contributed by atoms with Crippen LogP contribution in [0.5, 0.6) is 0 Å². The van der Waals surface area contributed by atoms with E-state index in [0.717, 1.165) is 19.3 Å². The van der Waals surface area contributed by atoms with E-state index in [9.17, 15) is 14.7 Å². The fourth-order valence-corrected chi connectivity index (χ4v) is 3.86. The first-order valence-electron chi connectivity index (χ1n) is 11.0. The molecule has 2 aromatic rings. The molecule has 13 nitrogen and oxygen atoms in total. The molecule has 2 aliphatic rings. The van der Waals surface area contributed by atoms with E-state index >= 15 is 0 Å². The van der Waals surface area contributed by atoms with Crippen LogP contribution in [0.3, 0.4) is 0 Å². The molecule has 2 atom stereocenters. The lowest BCUT2D eigenvalue weighted by Gasteiger charge is -2.33. The number of nitrogen functional groups attached to an aromatic ring is 1. The maximum atomic E-state index is 12.2. The number of anilines is 1. The lowest BCUT2D eigenvalue weighted by Crippen LogP contribution is -2.56. The Morgan fingerprint density at radius 1 is 1.33 bits per heavy atom. The van der Waals surface area contributed by atoms with Crippen molar-refractivity contribution >= 4 is 29.0 Å². The quantitative estimate of drug-likeness (QED) is 0.338. The van der Waals surface area contributed by atoms with Gasteiger partial charge >= 0.3 is 6.09 Å². The van der Waals surface area contributed by atoms with E-state index < -0.39 is 18.3 Å². The largest absolute Gasteiger partial charge is 0.434 e. The molecule has 33 heavy (non-hydrogen) atoms. The highest BCUT2D eigenvalue weighted by molar-refractivity contribution is 5.88. The summed E-state index contributed by atoms with van der Waals surface area (Å²) in [5, 5.41) is 20.8. The summed E-state index contributed by atoms with van der Waals surface area (Å²) < 4.78 is 12.3. The molecule has 2 fully saturated rings. The minimum atomic E-state index is -0.943. The highest BCUT2D eigenvalue weighted by atomic mass is 16.6. The van der Waals surface area contributed by atoms with Gasteiger partial charge in [0.1, 0.15) is 24.2 Å². The van der Waals surface area contributed by atoms with E-state index in [1.54, 1.807) is 15.8 Å². The Hall–Kier alpha value is -3.03. The van der Waals surface area contributed by atoms with Gasteiger partial charge in [-0.1, -0.05) is 0 Å². The van der Waals surface area contributed by atoms with Gasteiger partial charge in [-0.15, -0.1) is 0 Å². The van der Waals surface area contributed by atoms with Gasteiger partial charge in [0.2, 0.25) is 0 Å². The third kappa shape index (κ3) is 5.49. The van der Waals surface area contributed by atoms with Crippen LogP contribution >= 0.6 is 0 Å². The summed E-state index contributed by atoms with van der Waals surface area (Å²) in [6.07, 6.45) is 2.67. The molecule has 0 radical (unpaired) electrons. The van der Waals surface area contributed by atoms with E-state index in [2.05, 4.69) is 20.3 Å². The number of aliphatic hydroxyl groups excluding tert-OH is 2. The first-order chi connectivity index (χ1) is 15.9. The lowest BCUT2D eigenvalue weighted by molar-refractivity contribution is -0.138. The van der Waals surface area contributed by atoms with E-state index in [1.807, 2.05) is 0 Å². The molecule has 2 aliphatic heterocycles. The van der Waals surface area contributed by atoms with Gasteiger partial charge in [0.05, 0.1) is 26.1 Å². The van der Waals surface area contributed by atoms with Gasteiger partial charge in [0.15, 0.2) is 17.6 Å². The molecule has 13 heteroatoms. The van der Waals surface area contributed by atoms with Crippen molar-refractivity contribution < 1.29 is 29.3 Å². The summed E-state index contributed by atoms with van der Waals surface area (Å²) in [6.45, 7) is 1.28. The van der Waals surface area contributed by atoms with Gasteiger partial charge in [0.25, 0.3) is 5.91 Å². The van der Waals surface area contributed by atoms with Crippen molar-refractivity contribution in [1.82, 2.24) is 29.7 Å². The number of nitrogens with one attached hydrogen (secondary N) is 1. The Bertz CT molecular complexity index is 991. The van der Waals surface area contributed by atoms with E-state index in [-0.39, 0.29) is 25.9 Å². The standard InChI is InChI=1S/C20H29N7O6/c21-17-16-18(27(10-23-16)11-32-9-13(29)8-28)25-15(24-17)2-1-12-3-5-26(6-4-12)20(31)33-14-7-22-19(14)30/h10,12-14,28-29H,1-9,11H2,(H,22,30)(H2,21,24,25). The van der Waals surface area contributed by atoms with Crippen LogP contribution in [0.25, 0.3) is 11.2 Å². The number of hydrogen-bond donors (Lipinski definition) is 4. The number of piperidine rings is 1. The van der Waals surface area contributed by atoms with Crippen molar-refractivity contribution in [1.29, 1.82) is 0 Å². The van der Waals surface area contributed by atoms with Crippen LogP contribution in [0.1, 0.15) is 25.1 Å². The molecule has 2 saturated heterocycles. The molecule has 4 heterocycles. The first-order valence-corrected chi connectivity index (χ1v) is 11.0. The summed E-state index contributed by atoms with van der Waals surface area (Å²) in [4.78, 5) is 38.3. The van der Waals surface area contributed by atoms with Crippen LogP contribution in [0, 0.1) is 5.92 Å². The molecule has 0 saturated carbocycles. The summed E-state index contributed by atoms with van der Waals surface area (Å²) in [6, 6.07) is 0. The van der Waals surface area contributed by atoms with E-state index in [4.69, 9.17) is 20.3 Å². The number of nitrogens with zero attached hydrogens (tertiary/aromatic N) is 5. The predicted octanol–water partition coefficient (Wildman–Crippen LogP) is -0.985. The number of carbonyl (C=O) groups is 2. The van der Waals surface area contributed by atoms with E-state index in [0.29, 0.717) is 54.8 Å². The van der Waals surface area contributed by atoms with Gasteiger partial charge < -0.3 is 35.6 Å². The maximum absolute atomic E-state index is 12.2. The second-order valence-electron chi connectivity index (χ2n) is 8.33. The smallest absolute Gasteiger partial charge is 0.410 e. The monoisotopic (exact) mass is 463 g/mol. The van der Waals surface area contributed by atoms with Crippen molar-refractivity contribution in [2.45, 2.75) is 44.6 Å². The third-order valence-electron chi connectivity index (χ3n) is 5.93. The molecule has 0 bridgehead atoms. The number of fused-ring (bicyclic) bond motifs is 1. The molecule has 5 N–H and O–H groups in total. The zero-order valence-corrected chi connectivity index (χ0v) is 18.2. The first kappa shape index (κ1) is 23.1. The number of ether oxygens (including phenoxy) is 2. The average molecular weight is 463 g/mol. The van der Waals surface area contributed by atoms with Crippen molar-refractivity contribution in [2.75, 3.05) is 38.6 Å². The van der Waals surface area contributed by atoms with Gasteiger partial charge in [-0.05, 0) is 25.2 Å². The second kappa shape index (κ2) is 10.3. The molecule has 180 valence electrons. The molecule has 2 amide bonds. The van der Waals surface area contributed by atoms with E-state index in [1.165, 1.54) is 0 Å². The summed E-state index contributed by atoms with van der Waals surface area (Å²) in [5.41, 5.74) is 7.10. The molecule has 2 aromatic heterocycles. The van der Waals surface area contributed by atoms with Gasteiger partial charge in [0, 0.05) is 19.5 Å². The molecule has 4 rings (SSSR count). The molecule has 0 aromatic carbocycles. The molecule has 2 unspecified atom stereocenters. The molecule has 0 spiro atoms. The van der Waals surface area contributed by atoms with Gasteiger partial charge in [-0.2, -0.15) is 0 Å². The number of β-lactam (4-membered cyclic amide) rings is 1. The summed E-state index contributed by atoms with van der Waals surface area (Å²) in [7, 11) is 0. The number of aliphatic hydroxyl groups is 2. The lowest BCUT2D eigenvalue weighted by atomic mass is 9.92. The highest BCUT2D eigenvalue weighted by Gasteiger charge is 2.34. The summed E-state index contributed by atoms with van der Waals surface area (Å²) in [5.74, 6) is 1.07. The van der Waals surface area contributed by atoms with Gasteiger partial charge in [-0.3, -0.25) is 9.36 Å². The second-order valence-corrected chi connectivity index (χ2v) is 8.33. The third-order valence-corrected chi connectivity index (χ3v) is 5.93. The number of rotatable bonds is 9. The van der Waals surface area contributed by atoms with Crippen LogP contribution in [0.4, 0.5) is 10.6 Å². The average Bonchev–Trinajstić information content (AvgIpc) is 3.23. The highest BCUT2D eigenvalue weighted by Crippen LogP contribution is 2.24. The van der Waals surface area contributed by atoms with Crippen molar-refractivity contribution in [3.8, 4) is 0 Å². The normalized spacial score (nSPS) is 19.9. The minimum absolute atomic E-state index is 0.0102. The molecular weight excluding hydrogens is 434 g/mol. The molecule has 0 aliphatic carbocycles. The van der Waals surface area contributed by atoms with Crippen molar-refractivity contribution in [3.05, 3.63) is 12.2 Å². The Kier molecular flexibility index (Phi) is 7.20. The number of hydrogen-bond acceptors (Lipinski definition) is 10. The maximum Gasteiger partial charge on any atom is 0.410 e. The zero-order valence-electron chi connectivity index (χ0n) is 18.2. The Morgan fingerprint density at radius 3 is 2.79 bits per heavy atom. The number of aromatic nitrogens is 4. The number of amides is 2. The number of imidazole rings is 1. The zero-order chi connectivity index (χ0) is 23.4. The van der Waals surface area contributed by atoms with Crippen LogP contribution in [-0.4, -0.2) is 91.7 Å². The Morgan fingerprint density at radius 2 is 2.12 bits per heavy atom. The van der Waals surface area contributed by atoms with Crippen molar-refractivity contribution in [2.24, 2.45) is 5.92 Å². The fourth-order valence-electron chi connectivity index (χ4n) is 3.86. The Labute approximate surface area is 189 Å². The number of aryl methyl sites for hydroxylation is 1. The fraction of sp³-hybridized carbons (Fsp3) is 0.650. The number of nitrogens with two attached hydrogens (primary N) is 1. The summed E-state index contributed by atoms with van der Waals surface area (Å²) >= 11 is 0. The van der Waals surface area contributed by atoms with Crippen molar-refractivity contribution in [3.63, 3.8) is 0 Å². The van der Waals surface area contributed by atoms with Crippen LogP contribution in [0.15, 0.2) is 6.33 Å². The van der Waals surface area contributed by atoms with Crippen LogP contribution in [0.2, 0.25) is 0 Å². The Balaban J connectivity index is 1.28. The topological polar surface area (TPSA) is 178 Å². The minimum Gasteiger partial charge on any atom is -0.434 e. The SMILES string of the molecule is Nc1nc(CCC2CCN(C(=O)OC3CNC3=O)CC2)nc2c1ncn2COCC(O)CO. The number of likely N-dealkylation sites (tertiary alicyclic amines) is 1. The van der Waals surface area contributed by atoms with Crippen LogP contribution in [-0.2, 0) is 27.4 Å². The predicted molar refractivity (Wildman–Crippen MR) is 115 cm³/mol. The van der Waals surface area contributed by atoms with Gasteiger partial charge in [-0.25, -0.2) is 19.7 Å². The number of carbonyl (C=O) groups excluding carboxylic acids is 2.